The molecule has 0 N–H and O–H groups in total. The lowest BCUT2D eigenvalue weighted by Crippen LogP contribution is -2.32. The van der Waals surface area contributed by atoms with Crippen molar-refractivity contribution in [2.24, 2.45) is 0 Å². The van der Waals surface area contributed by atoms with E-state index in [1.54, 1.807) is 13.0 Å². The number of amides is 2. The van der Waals surface area contributed by atoms with Gasteiger partial charge in [0.2, 0.25) is 5.75 Å². The molecule has 0 saturated carbocycles. The lowest BCUT2D eigenvalue weighted by molar-refractivity contribution is -0.123. The third-order valence-electron chi connectivity index (χ3n) is 5.37. The van der Waals surface area contributed by atoms with Crippen LogP contribution in [0.4, 0.5) is 4.79 Å². The third-order valence-corrected chi connectivity index (χ3v) is 8.05. The summed E-state index contributed by atoms with van der Waals surface area (Å²) in [6.07, 6.45) is 1.48. The van der Waals surface area contributed by atoms with Crippen LogP contribution >= 0.6 is 35.0 Å². The maximum absolute atomic E-state index is 12.9. The Morgan fingerprint density at radius 2 is 1.74 bits per heavy atom. The predicted octanol–water partition coefficient (Wildman–Crippen LogP) is 6.58. The fourth-order valence-electron chi connectivity index (χ4n) is 3.58. The topological polar surface area (TPSA) is 99.2 Å². The summed E-state index contributed by atoms with van der Waals surface area (Å²) in [6, 6.07) is 15.8. The molecule has 0 atom stereocenters. The molecule has 1 saturated heterocycles. The number of carbonyl (C=O) groups excluding carboxylic acids is 2. The molecule has 2 amide bonds. The van der Waals surface area contributed by atoms with Gasteiger partial charge in [-0.2, -0.15) is 8.42 Å². The van der Waals surface area contributed by atoms with Gasteiger partial charge in [0.25, 0.3) is 11.1 Å². The smallest absolute Gasteiger partial charge is 0.339 e. The van der Waals surface area contributed by atoms with Crippen LogP contribution in [0, 0.1) is 6.92 Å². The maximum Gasteiger partial charge on any atom is 0.339 e. The zero-order chi connectivity index (χ0) is 28.2. The summed E-state index contributed by atoms with van der Waals surface area (Å²) in [7, 11) is -4.24. The van der Waals surface area contributed by atoms with Gasteiger partial charge in [0.15, 0.2) is 5.75 Å². The van der Waals surface area contributed by atoms with Crippen molar-refractivity contribution >= 4 is 62.3 Å². The molecule has 1 heterocycles. The minimum atomic E-state index is -4.24. The number of ether oxygens (including phenoxy) is 2. The molecule has 0 spiro atoms. The summed E-state index contributed by atoms with van der Waals surface area (Å²) in [4.78, 5) is 26.6. The number of imide groups is 1. The van der Waals surface area contributed by atoms with Crippen molar-refractivity contribution in [1.29, 1.82) is 0 Å². The number of nitrogens with zero attached hydrogens (tertiary/aromatic N) is 1. The molecule has 204 valence electrons. The van der Waals surface area contributed by atoms with Crippen molar-refractivity contribution in [1.82, 2.24) is 4.90 Å². The molecule has 1 aliphatic rings. The van der Waals surface area contributed by atoms with E-state index in [1.807, 2.05) is 25.1 Å². The van der Waals surface area contributed by atoms with Crippen molar-refractivity contribution in [3.63, 3.8) is 0 Å². The van der Waals surface area contributed by atoms with Gasteiger partial charge >= 0.3 is 10.1 Å². The molecule has 39 heavy (non-hydrogen) atoms. The van der Waals surface area contributed by atoms with Crippen molar-refractivity contribution in [2.75, 3.05) is 19.8 Å². The normalized spacial score (nSPS) is 14.7. The Bertz CT molecular complexity index is 1540. The van der Waals surface area contributed by atoms with Crippen molar-refractivity contribution in [3.05, 3.63) is 86.7 Å². The summed E-state index contributed by atoms with van der Waals surface area (Å²) in [5.41, 5.74) is 1.45. The second kappa shape index (κ2) is 12.3. The van der Waals surface area contributed by atoms with Crippen LogP contribution in [-0.4, -0.2) is 44.2 Å². The molecular weight excluding hydrogens is 585 g/mol. The second-order valence-corrected chi connectivity index (χ2v) is 11.6. The molecule has 0 unspecified atom stereocenters. The highest BCUT2D eigenvalue weighted by molar-refractivity contribution is 8.18. The summed E-state index contributed by atoms with van der Waals surface area (Å²) in [5.74, 6) is 0.0279. The average molecular weight is 609 g/mol. The number of hydrogen-bond acceptors (Lipinski definition) is 8. The molecule has 12 heteroatoms. The van der Waals surface area contributed by atoms with Crippen LogP contribution < -0.4 is 13.7 Å². The van der Waals surface area contributed by atoms with Crippen LogP contribution in [0.1, 0.15) is 18.1 Å². The predicted molar refractivity (Wildman–Crippen MR) is 151 cm³/mol. The quantitative estimate of drug-likeness (QED) is 0.188. The number of benzene rings is 3. The van der Waals surface area contributed by atoms with E-state index >= 15 is 0 Å². The minimum absolute atomic E-state index is 0.0552. The molecule has 0 radical (unpaired) electrons. The van der Waals surface area contributed by atoms with E-state index in [1.165, 1.54) is 42.5 Å². The van der Waals surface area contributed by atoms with E-state index in [-0.39, 0.29) is 46.1 Å². The summed E-state index contributed by atoms with van der Waals surface area (Å²) >= 11 is 13.0. The molecule has 1 aliphatic heterocycles. The molecule has 8 nitrogen and oxygen atoms in total. The second-order valence-electron chi connectivity index (χ2n) is 8.25. The van der Waals surface area contributed by atoms with Gasteiger partial charge in [0.05, 0.1) is 23.1 Å². The monoisotopic (exact) mass is 607 g/mol. The number of thioether (sulfide) groups is 1. The number of halogens is 2. The lowest BCUT2D eigenvalue weighted by Gasteiger charge is -2.15. The van der Waals surface area contributed by atoms with Crippen LogP contribution in [0.25, 0.3) is 6.08 Å². The van der Waals surface area contributed by atoms with Crippen molar-refractivity contribution in [2.45, 2.75) is 18.7 Å². The minimum Gasteiger partial charge on any atom is -0.492 e. The van der Waals surface area contributed by atoms with Gasteiger partial charge in [0.1, 0.15) is 17.3 Å². The fourth-order valence-corrected chi connectivity index (χ4v) is 5.83. The Morgan fingerprint density at radius 3 is 2.44 bits per heavy atom. The van der Waals surface area contributed by atoms with E-state index in [2.05, 4.69) is 0 Å². The standard InChI is InChI=1S/C27H23Cl2NO7S2/c1-3-35-23-15-18(14-22(29)25(23)37-39(33,34)21-9-7-19(28)8-10-21)16-24-26(31)30(27(32)38-24)11-12-36-20-6-4-5-17(2)13-20/h4-10,13-16H,3,11-12H2,1-2H3/b24-16-. The summed E-state index contributed by atoms with van der Waals surface area (Å²) < 4.78 is 42.2. The molecule has 1 fully saturated rings. The molecular formula is C27H23Cl2NO7S2. The maximum atomic E-state index is 12.9. The average Bonchev–Trinajstić information content (AvgIpc) is 3.14. The molecule has 3 aromatic carbocycles. The van der Waals surface area contributed by atoms with E-state index < -0.39 is 21.3 Å². The highest BCUT2D eigenvalue weighted by atomic mass is 35.5. The highest BCUT2D eigenvalue weighted by Gasteiger charge is 2.35. The molecule has 0 bridgehead atoms. The zero-order valence-electron chi connectivity index (χ0n) is 20.8. The van der Waals surface area contributed by atoms with Gasteiger partial charge in [-0.25, -0.2) is 0 Å². The van der Waals surface area contributed by atoms with Gasteiger partial charge in [-0.3, -0.25) is 14.5 Å². The van der Waals surface area contributed by atoms with Crippen LogP contribution in [-0.2, 0) is 14.9 Å². The highest BCUT2D eigenvalue weighted by Crippen LogP contribution is 2.40. The summed E-state index contributed by atoms with van der Waals surface area (Å²) in [5, 5.41) is -0.116. The van der Waals surface area contributed by atoms with Crippen LogP contribution in [0.15, 0.2) is 70.5 Å². The van der Waals surface area contributed by atoms with Gasteiger partial charge < -0.3 is 13.7 Å². The largest absolute Gasteiger partial charge is 0.492 e. The van der Waals surface area contributed by atoms with Gasteiger partial charge in [0, 0.05) is 5.02 Å². The Balaban J connectivity index is 1.52. The first kappa shape index (κ1) is 28.8. The molecule has 3 aromatic rings. The van der Waals surface area contributed by atoms with Crippen LogP contribution in [0.3, 0.4) is 0 Å². The first-order valence-electron chi connectivity index (χ1n) is 11.7. The Kier molecular flexibility index (Phi) is 9.12. The van der Waals surface area contributed by atoms with E-state index in [0.717, 1.165) is 22.2 Å². The number of aryl methyl sites for hydroxylation is 1. The number of carbonyl (C=O) groups is 2. The Morgan fingerprint density at radius 1 is 1.00 bits per heavy atom. The number of rotatable bonds is 10. The first-order chi connectivity index (χ1) is 18.6. The van der Waals surface area contributed by atoms with E-state index in [0.29, 0.717) is 16.3 Å². The number of hydrogen-bond donors (Lipinski definition) is 0. The van der Waals surface area contributed by atoms with E-state index in [4.69, 9.17) is 36.9 Å². The SMILES string of the molecule is CCOc1cc(/C=C2\SC(=O)N(CCOc3cccc(C)c3)C2=O)cc(Cl)c1OS(=O)(=O)c1ccc(Cl)cc1. The van der Waals surface area contributed by atoms with Crippen LogP contribution in [0.2, 0.25) is 10.0 Å². The fraction of sp³-hybridized carbons (Fsp3) is 0.185. The van der Waals surface area contributed by atoms with Crippen molar-refractivity contribution in [3.8, 4) is 17.2 Å². The molecule has 4 rings (SSSR count). The lowest BCUT2D eigenvalue weighted by atomic mass is 10.2. The third kappa shape index (κ3) is 7.07. The van der Waals surface area contributed by atoms with Gasteiger partial charge in [-0.05, 0) is 91.3 Å². The Labute approximate surface area is 240 Å². The molecule has 0 aromatic heterocycles. The Hall–Kier alpha value is -3.18. The zero-order valence-corrected chi connectivity index (χ0v) is 24.0. The summed E-state index contributed by atoms with van der Waals surface area (Å²) in [6.45, 7) is 4.06. The molecule has 0 aliphatic carbocycles. The van der Waals surface area contributed by atoms with Crippen LogP contribution in [0.5, 0.6) is 17.2 Å². The van der Waals surface area contributed by atoms with Gasteiger partial charge in [-0.1, -0.05) is 35.3 Å². The van der Waals surface area contributed by atoms with Crippen molar-refractivity contribution < 1.29 is 31.7 Å². The first-order valence-corrected chi connectivity index (χ1v) is 14.7. The van der Waals surface area contributed by atoms with E-state index in [9.17, 15) is 18.0 Å². The van der Waals surface area contributed by atoms with Gasteiger partial charge in [-0.15, -0.1) is 0 Å².